The molecule has 19 heavy (non-hydrogen) atoms. The minimum Gasteiger partial charge on any atom is -0.394 e. The van der Waals surface area contributed by atoms with Gasteiger partial charge >= 0.3 is 0 Å². The van der Waals surface area contributed by atoms with Crippen LogP contribution in [0.25, 0.3) is 0 Å². The Hall–Kier alpha value is -1.88. The molecule has 0 bridgehead atoms. The van der Waals surface area contributed by atoms with Gasteiger partial charge in [0.25, 0.3) is 0 Å². The first-order chi connectivity index (χ1) is 8.99. The van der Waals surface area contributed by atoms with Gasteiger partial charge in [-0.05, 0) is 24.6 Å². The van der Waals surface area contributed by atoms with E-state index in [-0.39, 0.29) is 11.1 Å². The summed E-state index contributed by atoms with van der Waals surface area (Å²) >= 11 is 5.82. The van der Waals surface area contributed by atoms with Crippen molar-refractivity contribution in [1.29, 1.82) is 0 Å². The van der Waals surface area contributed by atoms with Gasteiger partial charge in [-0.3, -0.25) is 0 Å². The summed E-state index contributed by atoms with van der Waals surface area (Å²) in [5.41, 5.74) is 7.55. The maximum Gasteiger partial charge on any atom is 0.224 e. The monoisotopic (exact) mass is 280 g/mol. The highest BCUT2D eigenvalue weighted by molar-refractivity contribution is 6.28. The number of benzene rings is 1. The number of hydrogen-bond acceptors (Lipinski definition) is 4. The molecule has 0 saturated carbocycles. The van der Waals surface area contributed by atoms with Gasteiger partial charge in [-0.15, -0.1) is 0 Å². The number of anilines is 2. The molecule has 0 atom stereocenters. The summed E-state index contributed by atoms with van der Waals surface area (Å²) in [6.07, 6.45) is 0. The van der Waals surface area contributed by atoms with Gasteiger partial charge in [0.2, 0.25) is 5.28 Å². The molecule has 2 N–H and O–H groups in total. The van der Waals surface area contributed by atoms with Gasteiger partial charge in [0, 0.05) is 19.2 Å². The van der Waals surface area contributed by atoms with Crippen LogP contribution in [0, 0.1) is 12.7 Å². The highest BCUT2D eigenvalue weighted by Crippen LogP contribution is 2.25. The van der Waals surface area contributed by atoms with E-state index in [1.165, 1.54) is 6.07 Å². The third-order valence-electron chi connectivity index (χ3n) is 2.82. The average Bonchev–Trinajstić information content (AvgIpc) is 2.36. The molecule has 0 spiro atoms. The topological polar surface area (TPSA) is 55.0 Å². The summed E-state index contributed by atoms with van der Waals surface area (Å²) in [5, 5.41) is 0.127. The van der Waals surface area contributed by atoms with E-state index in [9.17, 15) is 4.39 Å². The molecular formula is C13H14ClFN4. The first-order valence-electron chi connectivity index (χ1n) is 5.73. The van der Waals surface area contributed by atoms with E-state index in [4.69, 9.17) is 17.3 Å². The van der Waals surface area contributed by atoms with Crippen molar-refractivity contribution in [3.05, 3.63) is 46.6 Å². The van der Waals surface area contributed by atoms with Crippen LogP contribution in [0.4, 0.5) is 15.9 Å². The molecule has 0 aliphatic heterocycles. The predicted molar refractivity (Wildman–Crippen MR) is 74.7 cm³/mol. The van der Waals surface area contributed by atoms with E-state index in [0.717, 1.165) is 0 Å². The molecule has 0 saturated heterocycles. The molecule has 100 valence electrons. The third-order valence-corrected chi connectivity index (χ3v) is 2.98. The fourth-order valence-corrected chi connectivity index (χ4v) is 1.99. The van der Waals surface area contributed by atoms with Crippen LogP contribution >= 0.6 is 11.6 Å². The molecule has 4 nitrogen and oxygen atoms in total. The first-order valence-corrected chi connectivity index (χ1v) is 6.11. The Balaban J connectivity index is 2.30. The minimum atomic E-state index is -0.259. The van der Waals surface area contributed by atoms with Gasteiger partial charge in [0.05, 0.1) is 11.4 Å². The summed E-state index contributed by atoms with van der Waals surface area (Å²) in [6.45, 7) is 2.10. The van der Waals surface area contributed by atoms with Gasteiger partial charge in [-0.2, -0.15) is 4.98 Å². The van der Waals surface area contributed by atoms with Crippen LogP contribution in [0.1, 0.15) is 11.3 Å². The maximum atomic E-state index is 13.6. The minimum absolute atomic E-state index is 0.127. The second kappa shape index (κ2) is 5.40. The summed E-state index contributed by atoms with van der Waals surface area (Å²) in [7, 11) is 1.78. The Morgan fingerprint density at radius 3 is 2.68 bits per heavy atom. The molecule has 0 unspecified atom stereocenters. The van der Waals surface area contributed by atoms with E-state index in [1.807, 2.05) is 0 Å². The smallest absolute Gasteiger partial charge is 0.224 e. The van der Waals surface area contributed by atoms with Crippen LogP contribution in [0.2, 0.25) is 5.28 Å². The fraction of sp³-hybridized carbons (Fsp3) is 0.231. The second-order valence-corrected chi connectivity index (χ2v) is 4.60. The van der Waals surface area contributed by atoms with E-state index in [1.54, 1.807) is 37.1 Å². The van der Waals surface area contributed by atoms with Crippen molar-refractivity contribution in [3.8, 4) is 0 Å². The molecule has 0 aliphatic carbocycles. The predicted octanol–water partition coefficient (Wildman–Crippen LogP) is 2.80. The van der Waals surface area contributed by atoms with Crippen LogP contribution in [0.3, 0.4) is 0 Å². The molecule has 0 fully saturated rings. The van der Waals surface area contributed by atoms with Crippen molar-refractivity contribution in [3.63, 3.8) is 0 Å². The van der Waals surface area contributed by atoms with Crippen LogP contribution in [0.5, 0.6) is 0 Å². The molecule has 6 heteroatoms. The highest BCUT2D eigenvalue weighted by Gasteiger charge is 2.13. The fourth-order valence-electron chi connectivity index (χ4n) is 1.78. The van der Waals surface area contributed by atoms with Crippen molar-refractivity contribution >= 4 is 23.1 Å². The molecule has 0 radical (unpaired) electrons. The van der Waals surface area contributed by atoms with Crippen LogP contribution in [-0.4, -0.2) is 17.0 Å². The largest absolute Gasteiger partial charge is 0.394 e. The zero-order chi connectivity index (χ0) is 14.0. The Morgan fingerprint density at radius 2 is 2.00 bits per heavy atom. The van der Waals surface area contributed by atoms with Crippen LogP contribution < -0.4 is 10.6 Å². The molecule has 1 aromatic heterocycles. The van der Waals surface area contributed by atoms with Gasteiger partial charge in [0.15, 0.2) is 5.82 Å². The number of nitrogens with zero attached hydrogens (tertiary/aromatic N) is 3. The quantitative estimate of drug-likeness (QED) is 0.879. The summed E-state index contributed by atoms with van der Waals surface area (Å²) in [6, 6.07) is 6.58. The van der Waals surface area contributed by atoms with Crippen molar-refractivity contribution in [2.24, 2.45) is 0 Å². The Kier molecular flexibility index (Phi) is 3.85. The zero-order valence-electron chi connectivity index (χ0n) is 10.7. The number of aryl methyl sites for hydroxylation is 1. The Labute approximate surface area is 116 Å². The number of halogens is 2. The van der Waals surface area contributed by atoms with Crippen LogP contribution in [-0.2, 0) is 6.54 Å². The lowest BCUT2D eigenvalue weighted by atomic mass is 10.2. The lowest BCUT2D eigenvalue weighted by Gasteiger charge is -2.20. The molecule has 1 heterocycles. The summed E-state index contributed by atoms with van der Waals surface area (Å²) in [4.78, 5) is 9.81. The lowest BCUT2D eigenvalue weighted by Crippen LogP contribution is -2.21. The van der Waals surface area contributed by atoms with E-state index in [2.05, 4.69) is 9.97 Å². The Bertz CT molecular complexity index is 603. The maximum absolute atomic E-state index is 13.6. The molecule has 2 rings (SSSR count). The summed E-state index contributed by atoms with van der Waals surface area (Å²) in [5.74, 6) is 0.241. The zero-order valence-corrected chi connectivity index (χ0v) is 11.4. The van der Waals surface area contributed by atoms with Gasteiger partial charge in [0.1, 0.15) is 5.82 Å². The number of hydrogen-bond donors (Lipinski definition) is 1. The normalized spacial score (nSPS) is 10.5. The second-order valence-electron chi connectivity index (χ2n) is 4.26. The number of aromatic nitrogens is 2. The first kappa shape index (κ1) is 13.5. The van der Waals surface area contributed by atoms with Crippen molar-refractivity contribution in [2.75, 3.05) is 17.7 Å². The van der Waals surface area contributed by atoms with E-state index >= 15 is 0 Å². The number of nitrogen functional groups attached to an aromatic ring is 1. The van der Waals surface area contributed by atoms with Gasteiger partial charge in [-0.25, -0.2) is 9.37 Å². The number of rotatable bonds is 3. The van der Waals surface area contributed by atoms with Crippen molar-refractivity contribution in [1.82, 2.24) is 9.97 Å². The van der Waals surface area contributed by atoms with Gasteiger partial charge in [-0.1, -0.05) is 18.2 Å². The third kappa shape index (κ3) is 2.93. The lowest BCUT2D eigenvalue weighted by molar-refractivity contribution is 0.607. The Morgan fingerprint density at radius 1 is 1.32 bits per heavy atom. The van der Waals surface area contributed by atoms with Crippen molar-refractivity contribution in [2.45, 2.75) is 13.5 Å². The van der Waals surface area contributed by atoms with E-state index < -0.39 is 0 Å². The van der Waals surface area contributed by atoms with Crippen LogP contribution in [0.15, 0.2) is 24.3 Å². The molecule has 1 aromatic carbocycles. The molecular weight excluding hydrogens is 267 g/mol. The molecule has 0 aliphatic rings. The summed E-state index contributed by atoms with van der Waals surface area (Å²) < 4.78 is 13.6. The van der Waals surface area contributed by atoms with E-state index in [0.29, 0.717) is 29.3 Å². The standard InChI is InChI=1S/C13H14ClFN4/c1-8-11(16)12(18-13(14)17-8)19(2)7-9-5-3-4-6-10(9)15/h3-6H,7,16H2,1-2H3. The number of nitrogens with two attached hydrogens (primary N) is 1. The van der Waals surface area contributed by atoms with Gasteiger partial charge < -0.3 is 10.6 Å². The SMILES string of the molecule is Cc1nc(Cl)nc(N(C)Cc2ccccc2F)c1N. The molecule has 0 amide bonds. The average molecular weight is 281 g/mol. The molecule has 2 aromatic rings. The highest BCUT2D eigenvalue weighted by atomic mass is 35.5. The van der Waals surface area contributed by atoms with Crippen molar-refractivity contribution < 1.29 is 4.39 Å².